The predicted molar refractivity (Wildman–Crippen MR) is 86.7 cm³/mol. The van der Waals surface area contributed by atoms with Crippen LogP contribution in [0.4, 0.5) is 0 Å². The zero-order chi connectivity index (χ0) is 17.2. The molecule has 1 rings (SSSR count). The van der Waals surface area contributed by atoms with Crippen molar-refractivity contribution < 1.29 is 23.8 Å². The van der Waals surface area contributed by atoms with E-state index in [2.05, 4.69) is 11.6 Å². The first-order valence-electron chi connectivity index (χ1n) is 7.74. The highest BCUT2D eigenvalue weighted by Gasteiger charge is 2.22. The lowest BCUT2D eigenvalue weighted by Gasteiger charge is -2.06. The third kappa shape index (κ3) is 5.47. The number of H-pyrrole nitrogens is 1. The van der Waals surface area contributed by atoms with Gasteiger partial charge in [-0.25, -0.2) is 4.79 Å². The molecule has 1 aromatic heterocycles. The summed E-state index contributed by atoms with van der Waals surface area (Å²) in [6.45, 7) is 7.90. The van der Waals surface area contributed by atoms with E-state index in [-0.39, 0.29) is 19.0 Å². The van der Waals surface area contributed by atoms with Crippen molar-refractivity contribution in [3.8, 4) is 5.88 Å². The van der Waals surface area contributed by atoms with Crippen LogP contribution in [0, 0.1) is 6.92 Å². The molecule has 6 heteroatoms. The molecule has 0 radical (unpaired) electrons. The van der Waals surface area contributed by atoms with Gasteiger partial charge < -0.3 is 19.2 Å². The number of carbonyl (C=O) groups is 2. The van der Waals surface area contributed by atoms with Gasteiger partial charge >= 0.3 is 11.9 Å². The van der Waals surface area contributed by atoms with Gasteiger partial charge in [-0.3, -0.25) is 4.79 Å². The van der Waals surface area contributed by atoms with Crippen molar-refractivity contribution >= 4 is 11.9 Å². The normalized spacial score (nSPS) is 10.2. The van der Waals surface area contributed by atoms with E-state index in [9.17, 15) is 9.59 Å². The quantitative estimate of drug-likeness (QED) is 0.407. The Bertz CT molecular complexity index is 547. The monoisotopic (exact) mass is 323 g/mol. The molecule has 0 aliphatic carbocycles. The summed E-state index contributed by atoms with van der Waals surface area (Å²) in [4.78, 5) is 26.8. The molecule has 0 spiro atoms. The van der Waals surface area contributed by atoms with Gasteiger partial charge in [0.05, 0.1) is 13.7 Å². The van der Waals surface area contributed by atoms with Crippen LogP contribution in [-0.4, -0.2) is 37.2 Å². The van der Waals surface area contributed by atoms with Gasteiger partial charge in [0.15, 0.2) is 5.88 Å². The number of nitrogens with one attached hydrogen (secondary N) is 1. The van der Waals surface area contributed by atoms with Crippen molar-refractivity contribution in [2.75, 3.05) is 20.3 Å². The molecule has 0 aromatic carbocycles. The molecule has 0 aliphatic heterocycles. The van der Waals surface area contributed by atoms with Gasteiger partial charge in [0, 0.05) is 12.0 Å². The standard InChI is InChI=1S/C17H25NO5/c1-5-7-11-23-17(20)15-13(12(3)16(18-15)21-4)8-9-14(19)22-10-6-2/h6,18H,2,5,7-11H2,1,3-4H3. The van der Waals surface area contributed by atoms with Crippen molar-refractivity contribution in [1.82, 2.24) is 4.98 Å². The molecule has 1 heterocycles. The van der Waals surface area contributed by atoms with Gasteiger partial charge in [0.25, 0.3) is 0 Å². The molecular weight excluding hydrogens is 298 g/mol. The van der Waals surface area contributed by atoms with Crippen molar-refractivity contribution in [1.29, 1.82) is 0 Å². The zero-order valence-corrected chi connectivity index (χ0v) is 14.1. The smallest absolute Gasteiger partial charge is 0.355 e. The second-order valence-electron chi connectivity index (χ2n) is 5.10. The van der Waals surface area contributed by atoms with Crippen LogP contribution in [0.25, 0.3) is 0 Å². The van der Waals surface area contributed by atoms with E-state index in [0.29, 0.717) is 24.6 Å². The van der Waals surface area contributed by atoms with Crippen LogP contribution in [0.1, 0.15) is 47.8 Å². The Morgan fingerprint density at radius 3 is 2.65 bits per heavy atom. The first kappa shape index (κ1) is 18.8. The van der Waals surface area contributed by atoms with E-state index in [1.165, 1.54) is 13.2 Å². The Morgan fingerprint density at radius 1 is 1.30 bits per heavy atom. The molecule has 128 valence electrons. The molecule has 1 N–H and O–H groups in total. The summed E-state index contributed by atoms with van der Waals surface area (Å²) in [5.74, 6) is -0.268. The predicted octanol–water partition coefficient (Wildman–Crippen LogP) is 2.95. The number of hydrogen-bond donors (Lipinski definition) is 1. The first-order valence-corrected chi connectivity index (χ1v) is 7.74. The van der Waals surface area contributed by atoms with Crippen LogP contribution in [0.5, 0.6) is 5.88 Å². The first-order chi connectivity index (χ1) is 11.0. The molecule has 0 saturated heterocycles. The number of aromatic amines is 1. The second-order valence-corrected chi connectivity index (χ2v) is 5.10. The van der Waals surface area contributed by atoms with Crippen LogP contribution in [0.2, 0.25) is 0 Å². The number of carbonyl (C=O) groups excluding carboxylic acids is 2. The van der Waals surface area contributed by atoms with Crippen molar-refractivity contribution in [2.24, 2.45) is 0 Å². The van der Waals surface area contributed by atoms with E-state index in [0.717, 1.165) is 24.0 Å². The summed E-state index contributed by atoms with van der Waals surface area (Å²) in [5, 5.41) is 0. The van der Waals surface area contributed by atoms with Gasteiger partial charge in [0.2, 0.25) is 0 Å². The summed E-state index contributed by atoms with van der Waals surface area (Å²) in [5.41, 5.74) is 1.86. The highest BCUT2D eigenvalue weighted by atomic mass is 16.5. The van der Waals surface area contributed by atoms with Gasteiger partial charge in [-0.2, -0.15) is 0 Å². The number of rotatable bonds is 10. The number of hydrogen-bond acceptors (Lipinski definition) is 5. The minimum Gasteiger partial charge on any atom is -0.482 e. The molecule has 0 bridgehead atoms. The van der Waals surface area contributed by atoms with Crippen LogP contribution in [-0.2, 0) is 20.7 Å². The number of esters is 2. The Morgan fingerprint density at radius 2 is 2.04 bits per heavy atom. The van der Waals surface area contributed by atoms with Crippen molar-refractivity contribution in [3.63, 3.8) is 0 Å². The molecule has 0 saturated carbocycles. The topological polar surface area (TPSA) is 77.6 Å². The molecular formula is C17H25NO5. The average Bonchev–Trinajstić information content (AvgIpc) is 2.87. The fraction of sp³-hybridized carbons (Fsp3) is 0.529. The lowest BCUT2D eigenvalue weighted by molar-refractivity contribution is -0.142. The highest BCUT2D eigenvalue weighted by Crippen LogP contribution is 2.26. The van der Waals surface area contributed by atoms with Gasteiger partial charge in [0.1, 0.15) is 12.3 Å². The maximum absolute atomic E-state index is 12.2. The maximum atomic E-state index is 12.2. The fourth-order valence-corrected chi connectivity index (χ4v) is 2.13. The second kappa shape index (κ2) is 9.71. The van der Waals surface area contributed by atoms with Crippen LogP contribution >= 0.6 is 0 Å². The van der Waals surface area contributed by atoms with Crippen molar-refractivity contribution in [2.45, 2.75) is 39.5 Å². The molecule has 0 amide bonds. The Labute approximate surface area is 136 Å². The Hall–Kier alpha value is -2.24. The molecule has 0 atom stereocenters. The Balaban J connectivity index is 2.82. The summed E-state index contributed by atoms with van der Waals surface area (Å²) in [7, 11) is 1.52. The molecule has 23 heavy (non-hydrogen) atoms. The number of ether oxygens (including phenoxy) is 3. The van der Waals surface area contributed by atoms with Crippen molar-refractivity contribution in [3.05, 3.63) is 29.5 Å². The SMILES string of the molecule is C=CCOC(=O)CCc1c(C(=O)OCCCC)[nH]c(OC)c1C. The van der Waals surface area contributed by atoms with Gasteiger partial charge in [-0.15, -0.1) is 0 Å². The van der Waals surface area contributed by atoms with E-state index in [1.54, 1.807) is 0 Å². The Kier molecular flexibility index (Phi) is 7.94. The lowest BCUT2D eigenvalue weighted by atomic mass is 10.1. The summed E-state index contributed by atoms with van der Waals surface area (Å²) in [6, 6.07) is 0. The lowest BCUT2D eigenvalue weighted by Crippen LogP contribution is -2.11. The molecule has 6 nitrogen and oxygen atoms in total. The summed E-state index contributed by atoms with van der Waals surface area (Å²) < 4.78 is 15.4. The minimum absolute atomic E-state index is 0.172. The minimum atomic E-state index is -0.431. The van der Waals surface area contributed by atoms with Gasteiger partial charge in [-0.1, -0.05) is 26.0 Å². The zero-order valence-electron chi connectivity index (χ0n) is 14.1. The van der Waals surface area contributed by atoms with E-state index in [1.807, 2.05) is 13.8 Å². The van der Waals surface area contributed by atoms with E-state index >= 15 is 0 Å². The summed E-state index contributed by atoms with van der Waals surface area (Å²) >= 11 is 0. The average molecular weight is 323 g/mol. The van der Waals surface area contributed by atoms with Gasteiger partial charge in [-0.05, 0) is 25.3 Å². The van der Waals surface area contributed by atoms with E-state index < -0.39 is 5.97 Å². The number of aromatic nitrogens is 1. The molecule has 1 aromatic rings. The van der Waals surface area contributed by atoms with Crippen LogP contribution < -0.4 is 4.74 Å². The third-order valence-electron chi connectivity index (χ3n) is 3.41. The largest absolute Gasteiger partial charge is 0.482 e. The molecule has 0 fully saturated rings. The van der Waals surface area contributed by atoms with E-state index in [4.69, 9.17) is 14.2 Å². The molecule has 0 aliphatic rings. The third-order valence-corrected chi connectivity index (χ3v) is 3.41. The fourth-order valence-electron chi connectivity index (χ4n) is 2.13. The summed E-state index contributed by atoms with van der Waals surface area (Å²) in [6.07, 6.45) is 3.82. The van der Waals surface area contributed by atoms with Crippen LogP contribution in [0.15, 0.2) is 12.7 Å². The number of methoxy groups -OCH3 is 1. The number of unbranched alkanes of at least 4 members (excludes halogenated alkanes) is 1. The molecule has 0 unspecified atom stereocenters. The maximum Gasteiger partial charge on any atom is 0.355 e. The van der Waals surface area contributed by atoms with Crippen LogP contribution in [0.3, 0.4) is 0 Å². The highest BCUT2D eigenvalue weighted by molar-refractivity contribution is 5.90.